The van der Waals surface area contributed by atoms with Crippen LogP contribution in [0.15, 0.2) is 12.1 Å². The first kappa shape index (κ1) is 17.0. The molecule has 0 aromatic heterocycles. The number of rotatable bonds is 3. The van der Waals surface area contributed by atoms with Crippen molar-refractivity contribution in [3.05, 3.63) is 28.3 Å². The minimum Gasteiger partial charge on any atom is -0.323 e. The predicted molar refractivity (Wildman–Crippen MR) is 91.7 cm³/mol. The van der Waals surface area contributed by atoms with Gasteiger partial charge in [-0.05, 0) is 43.9 Å². The molecule has 2 fully saturated rings. The Kier molecular flexibility index (Phi) is 4.63. The molecular formula is C18H21ClN2O3. The zero-order chi connectivity index (χ0) is 17.4. The summed E-state index contributed by atoms with van der Waals surface area (Å²) in [6, 6.07) is 3.69. The normalized spacial score (nSPS) is 23.4. The number of nitrogens with one attached hydrogen (secondary N) is 1. The topological polar surface area (TPSA) is 66.5 Å². The van der Waals surface area contributed by atoms with E-state index in [1.54, 1.807) is 6.07 Å². The lowest BCUT2D eigenvalue weighted by Crippen LogP contribution is -2.38. The molecule has 5 nitrogen and oxygen atoms in total. The van der Waals surface area contributed by atoms with Crippen molar-refractivity contribution in [2.24, 2.45) is 11.8 Å². The Morgan fingerprint density at radius 3 is 2.29 bits per heavy atom. The van der Waals surface area contributed by atoms with Crippen molar-refractivity contribution in [3.63, 3.8) is 0 Å². The smallest absolute Gasteiger partial charge is 0.244 e. The van der Waals surface area contributed by atoms with Crippen LogP contribution in [-0.4, -0.2) is 29.2 Å². The summed E-state index contributed by atoms with van der Waals surface area (Å²) in [4.78, 5) is 38.3. The zero-order valence-corrected chi connectivity index (χ0v) is 14.7. The molecule has 1 aromatic carbocycles. The number of halogens is 1. The average Bonchev–Trinajstić information content (AvgIpc) is 2.76. The van der Waals surface area contributed by atoms with Crippen LogP contribution < -0.4 is 5.32 Å². The summed E-state index contributed by atoms with van der Waals surface area (Å²) < 4.78 is 0. The summed E-state index contributed by atoms with van der Waals surface area (Å²) in [6.45, 7) is 3.54. The van der Waals surface area contributed by atoms with Crippen LogP contribution in [0.25, 0.3) is 0 Å². The third kappa shape index (κ3) is 3.05. The van der Waals surface area contributed by atoms with E-state index < -0.39 is 5.91 Å². The highest BCUT2D eigenvalue weighted by molar-refractivity contribution is 6.34. The molecule has 1 aliphatic carbocycles. The second-order valence-electron chi connectivity index (χ2n) is 6.75. The molecule has 0 radical (unpaired) electrons. The minimum atomic E-state index is -0.399. The Hall–Kier alpha value is -1.88. The van der Waals surface area contributed by atoms with E-state index >= 15 is 0 Å². The molecule has 1 heterocycles. The van der Waals surface area contributed by atoms with Gasteiger partial charge in [0.15, 0.2) is 0 Å². The van der Waals surface area contributed by atoms with Crippen LogP contribution in [0.2, 0.25) is 5.02 Å². The van der Waals surface area contributed by atoms with Gasteiger partial charge in [-0.3, -0.25) is 19.3 Å². The molecule has 1 aromatic rings. The summed E-state index contributed by atoms with van der Waals surface area (Å²) in [5.41, 5.74) is 2.38. The van der Waals surface area contributed by atoms with Crippen LogP contribution in [0.5, 0.6) is 0 Å². The van der Waals surface area contributed by atoms with Crippen molar-refractivity contribution >= 4 is 35.0 Å². The van der Waals surface area contributed by atoms with Crippen molar-refractivity contribution in [2.45, 2.75) is 39.5 Å². The Labute approximate surface area is 146 Å². The van der Waals surface area contributed by atoms with Crippen molar-refractivity contribution in [1.82, 2.24) is 4.90 Å². The summed E-state index contributed by atoms with van der Waals surface area (Å²) in [5, 5.41) is 3.19. The molecule has 0 spiro atoms. The van der Waals surface area contributed by atoms with Crippen molar-refractivity contribution in [2.75, 3.05) is 11.9 Å². The quantitative estimate of drug-likeness (QED) is 0.854. The van der Waals surface area contributed by atoms with Gasteiger partial charge in [0.25, 0.3) is 0 Å². The molecule has 1 saturated carbocycles. The average molecular weight is 349 g/mol. The number of imide groups is 1. The number of hydrogen-bond donors (Lipinski definition) is 1. The third-order valence-corrected chi connectivity index (χ3v) is 5.23. The summed E-state index contributed by atoms with van der Waals surface area (Å²) in [6.07, 6.45) is 3.43. The largest absolute Gasteiger partial charge is 0.323 e. The monoisotopic (exact) mass is 348 g/mol. The highest BCUT2D eigenvalue weighted by atomic mass is 35.5. The second-order valence-corrected chi connectivity index (χ2v) is 7.15. The number of fused-ring (bicyclic) bond motifs is 1. The molecule has 3 amide bonds. The maximum Gasteiger partial charge on any atom is 0.244 e. The van der Waals surface area contributed by atoms with Crippen LogP contribution in [0.4, 0.5) is 5.69 Å². The van der Waals surface area contributed by atoms with Gasteiger partial charge in [0.2, 0.25) is 17.7 Å². The van der Waals surface area contributed by atoms with Gasteiger partial charge in [0.1, 0.15) is 6.54 Å². The van der Waals surface area contributed by atoms with E-state index in [0.717, 1.165) is 41.7 Å². The zero-order valence-electron chi connectivity index (χ0n) is 13.9. The second kappa shape index (κ2) is 6.55. The van der Waals surface area contributed by atoms with Crippen molar-refractivity contribution in [1.29, 1.82) is 0 Å². The highest BCUT2D eigenvalue weighted by Gasteiger charge is 2.48. The van der Waals surface area contributed by atoms with Gasteiger partial charge in [-0.2, -0.15) is 0 Å². The first-order valence-electron chi connectivity index (χ1n) is 8.30. The maximum absolute atomic E-state index is 12.4. The Morgan fingerprint density at radius 2 is 1.75 bits per heavy atom. The fourth-order valence-corrected chi connectivity index (χ4v) is 4.15. The van der Waals surface area contributed by atoms with Gasteiger partial charge in [-0.1, -0.05) is 30.5 Å². The number of carbonyl (C=O) groups excluding carboxylic acids is 3. The van der Waals surface area contributed by atoms with E-state index in [1.807, 2.05) is 19.9 Å². The lowest BCUT2D eigenvalue weighted by Gasteiger charge is -2.19. The minimum absolute atomic E-state index is 0.202. The van der Waals surface area contributed by atoms with E-state index in [0.29, 0.717) is 10.7 Å². The number of benzene rings is 1. The number of likely N-dealkylation sites (tertiary alicyclic amines) is 1. The van der Waals surface area contributed by atoms with Gasteiger partial charge < -0.3 is 5.32 Å². The highest BCUT2D eigenvalue weighted by Crippen LogP contribution is 2.38. The predicted octanol–water partition coefficient (Wildman–Crippen LogP) is 3.07. The molecule has 2 atom stereocenters. The molecule has 1 saturated heterocycles. The molecule has 1 N–H and O–H groups in total. The Balaban J connectivity index is 1.71. The Bertz CT molecular complexity index is 669. The summed E-state index contributed by atoms with van der Waals surface area (Å²) in [5.74, 6) is -1.27. The van der Waals surface area contributed by atoms with E-state index in [2.05, 4.69) is 5.32 Å². The molecule has 128 valence electrons. The third-order valence-electron chi connectivity index (χ3n) is 4.93. The van der Waals surface area contributed by atoms with Gasteiger partial charge in [-0.15, -0.1) is 0 Å². The first-order chi connectivity index (χ1) is 11.4. The number of carbonyl (C=O) groups is 3. The summed E-state index contributed by atoms with van der Waals surface area (Å²) >= 11 is 6.19. The fourth-order valence-electron chi connectivity index (χ4n) is 3.78. The fraction of sp³-hybridized carbons (Fsp3) is 0.500. The molecule has 1 aliphatic heterocycles. The Morgan fingerprint density at radius 1 is 1.17 bits per heavy atom. The summed E-state index contributed by atoms with van der Waals surface area (Å²) in [7, 11) is 0. The van der Waals surface area contributed by atoms with Crippen LogP contribution >= 0.6 is 11.6 Å². The van der Waals surface area contributed by atoms with E-state index in [9.17, 15) is 14.4 Å². The lowest BCUT2D eigenvalue weighted by atomic mass is 9.81. The van der Waals surface area contributed by atoms with E-state index in [4.69, 9.17) is 11.6 Å². The van der Waals surface area contributed by atoms with Crippen LogP contribution in [-0.2, 0) is 14.4 Å². The van der Waals surface area contributed by atoms with Crippen LogP contribution in [0, 0.1) is 25.7 Å². The molecular weight excluding hydrogens is 328 g/mol. The van der Waals surface area contributed by atoms with Gasteiger partial charge in [0.05, 0.1) is 22.5 Å². The number of anilines is 1. The SMILES string of the molecule is Cc1cc(C)c(NC(=O)CN2C(=O)[C@@H]3CCCC[C@H]3C2=O)c(Cl)c1. The molecule has 24 heavy (non-hydrogen) atoms. The van der Waals surface area contributed by atoms with Gasteiger partial charge in [-0.25, -0.2) is 0 Å². The lowest BCUT2D eigenvalue weighted by molar-refractivity contribution is -0.142. The molecule has 0 bridgehead atoms. The standard InChI is InChI=1S/C18H21ClN2O3/c1-10-7-11(2)16(14(19)8-10)20-15(22)9-21-17(23)12-5-3-4-6-13(12)18(21)24/h7-8,12-13H,3-6,9H2,1-2H3,(H,20,22)/t12-,13-/m1/s1. The van der Waals surface area contributed by atoms with Crippen molar-refractivity contribution in [3.8, 4) is 0 Å². The molecule has 0 unspecified atom stereocenters. The van der Waals surface area contributed by atoms with Crippen molar-refractivity contribution < 1.29 is 14.4 Å². The van der Waals surface area contributed by atoms with E-state index in [1.165, 1.54) is 0 Å². The maximum atomic E-state index is 12.4. The first-order valence-corrected chi connectivity index (χ1v) is 8.68. The van der Waals surface area contributed by atoms with Crippen LogP contribution in [0.3, 0.4) is 0 Å². The molecule has 6 heteroatoms. The molecule has 3 rings (SSSR count). The van der Waals surface area contributed by atoms with Gasteiger partial charge >= 0.3 is 0 Å². The number of nitrogens with zero attached hydrogens (tertiary/aromatic N) is 1. The number of hydrogen-bond acceptors (Lipinski definition) is 3. The number of amides is 3. The van der Waals surface area contributed by atoms with E-state index in [-0.39, 0.29) is 30.2 Å². The van der Waals surface area contributed by atoms with Gasteiger partial charge in [0, 0.05) is 0 Å². The molecule has 2 aliphatic rings. The number of aryl methyl sites for hydroxylation is 2. The van der Waals surface area contributed by atoms with Crippen LogP contribution in [0.1, 0.15) is 36.8 Å².